The second kappa shape index (κ2) is 8.21. The van der Waals surface area contributed by atoms with Gasteiger partial charge in [0.1, 0.15) is 5.82 Å². The van der Waals surface area contributed by atoms with Crippen molar-refractivity contribution in [1.82, 2.24) is 4.98 Å². The lowest BCUT2D eigenvalue weighted by atomic mass is 10.1. The van der Waals surface area contributed by atoms with E-state index in [9.17, 15) is 9.18 Å². The van der Waals surface area contributed by atoms with Crippen LogP contribution in [0.2, 0.25) is 0 Å². The molecule has 1 aliphatic rings. The molecule has 142 valence electrons. The van der Waals surface area contributed by atoms with Crippen molar-refractivity contribution < 1.29 is 9.18 Å². The van der Waals surface area contributed by atoms with E-state index < -0.39 is 0 Å². The summed E-state index contributed by atoms with van der Waals surface area (Å²) in [5, 5.41) is 2.78. The SMILES string of the molecule is O=C(Nc1ccc(N2CCCCC2)c(F)c1)c1ccc(-c2ccccn2)cc1. The van der Waals surface area contributed by atoms with E-state index >= 15 is 0 Å². The van der Waals surface area contributed by atoms with Gasteiger partial charge in [-0.25, -0.2) is 4.39 Å². The molecular formula is C23H22FN3O. The first-order valence-electron chi connectivity index (χ1n) is 9.58. The first-order valence-corrected chi connectivity index (χ1v) is 9.58. The monoisotopic (exact) mass is 375 g/mol. The predicted molar refractivity (Wildman–Crippen MR) is 110 cm³/mol. The Labute approximate surface area is 164 Å². The van der Waals surface area contributed by atoms with Crippen LogP contribution in [0, 0.1) is 5.82 Å². The molecule has 2 aromatic carbocycles. The fraction of sp³-hybridized carbons (Fsp3) is 0.217. The van der Waals surface area contributed by atoms with E-state index in [-0.39, 0.29) is 11.7 Å². The third-order valence-corrected chi connectivity index (χ3v) is 5.01. The van der Waals surface area contributed by atoms with Gasteiger partial charge >= 0.3 is 0 Å². The molecule has 0 saturated carbocycles. The number of piperidine rings is 1. The maximum absolute atomic E-state index is 14.5. The number of hydrogen-bond acceptors (Lipinski definition) is 3. The van der Waals surface area contributed by atoms with Crippen LogP contribution in [-0.4, -0.2) is 24.0 Å². The number of carbonyl (C=O) groups is 1. The van der Waals surface area contributed by atoms with Crippen molar-refractivity contribution in [3.8, 4) is 11.3 Å². The molecule has 0 aliphatic carbocycles. The number of amides is 1. The highest BCUT2D eigenvalue weighted by Crippen LogP contribution is 2.26. The van der Waals surface area contributed by atoms with Gasteiger partial charge in [-0.2, -0.15) is 0 Å². The fourth-order valence-electron chi connectivity index (χ4n) is 3.51. The van der Waals surface area contributed by atoms with Crippen LogP contribution in [0.5, 0.6) is 0 Å². The minimum atomic E-state index is -0.301. The lowest BCUT2D eigenvalue weighted by Gasteiger charge is -2.29. The molecule has 5 heteroatoms. The molecule has 1 amide bonds. The third kappa shape index (κ3) is 4.03. The van der Waals surface area contributed by atoms with E-state index in [0.717, 1.165) is 37.2 Å². The van der Waals surface area contributed by atoms with Crippen molar-refractivity contribution >= 4 is 17.3 Å². The van der Waals surface area contributed by atoms with E-state index in [2.05, 4.69) is 15.2 Å². The Morgan fingerprint density at radius 3 is 2.43 bits per heavy atom. The van der Waals surface area contributed by atoms with Gasteiger partial charge in [-0.05, 0) is 61.7 Å². The molecule has 0 atom stereocenters. The molecule has 4 nitrogen and oxygen atoms in total. The quantitative estimate of drug-likeness (QED) is 0.687. The van der Waals surface area contributed by atoms with Crippen LogP contribution in [0.4, 0.5) is 15.8 Å². The average Bonchev–Trinajstić information content (AvgIpc) is 2.75. The molecule has 4 rings (SSSR count). The highest BCUT2D eigenvalue weighted by molar-refractivity contribution is 6.04. The van der Waals surface area contributed by atoms with E-state index in [1.54, 1.807) is 30.5 Å². The van der Waals surface area contributed by atoms with Gasteiger partial charge in [0.05, 0.1) is 11.4 Å². The molecule has 1 aliphatic heterocycles. The summed E-state index contributed by atoms with van der Waals surface area (Å²) in [5.41, 5.74) is 3.37. The predicted octanol–water partition coefficient (Wildman–Crippen LogP) is 5.13. The fourth-order valence-corrected chi connectivity index (χ4v) is 3.51. The summed E-state index contributed by atoms with van der Waals surface area (Å²) in [6.07, 6.45) is 5.11. The Morgan fingerprint density at radius 2 is 1.75 bits per heavy atom. The van der Waals surface area contributed by atoms with Crippen molar-refractivity contribution in [2.45, 2.75) is 19.3 Å². The second-order valence-electron chi connectivity index (χ2n) is 6.96. The van der Waals surface area contributed by atoms with Crippen LogP contribution in [0.25, 0.3) is 11.3 Å². The Balaban J connectivity index is 1.45. The standard InChI is InChI=1S/C23H22FN3O/c24-20-16-19(11-12-22(20)27-14-4-1-5-15-27)26-23(28)18-9-7-17(8-10-18)21-6-2-3-13-25-21/h2-3,6-13,16H,1,4-5,14-15H2,(H,26,28). The van der Waals surface area contributed by atoms with Gasteiger partial charge in [-0.1, -0.05) is 18.2 Å². The van der Waals surface area contributed by atoms with E-state index in [4.69, 9.17) is 0 Å². The number of nitrogens with zero attached hydrogens (tertiary/aromatic N) is 2. The zero-order valence-electron chi connectivity index (χ0n) is 15.6. The first kappa shape index (κ1) is 18.2. The summed E-state index contributed by atoms with van der Waals surface area (Å²) in [7, 11) is 0. The molecule has 28 heavy (non-hydrogen) atoms. The molecule has 0 bridgehead atoms. The largest absolute Gasteiger partial charge is 0.369 e. The number of rotatable bonds is 4. The Kier molecular flexibility index (Phi) is 5.33. The van der Waals surface area contributed by atoms with E-state index in [1.165, 1.54) is 12.5 Å². The van der Waals surface area contributed by atoms with Crippen molar-refractivity contribution in [3.63, 3.8) is 0 Å². The van der Waals surface area contributed by atoms with Gasteiger partial charge in [0.2, 0.25) is 0 Å². The molecule has 0 radical (unpaired) electrons. The summed E-state index contributed by atoms with van der Waals surface area (Å²) in [5.74, 6) is -0.567. The van der Waals surface area contributed by atoms with Gasteiger partial charge < -0.3 is 10.2 Å². The Hall–Kier alpha value is -3.21. The number of pyridine rings is 1. The molecule has 1 aromatic heterocycles. The molecular weight excluding hydrogens is 353 g/mol. The van der Waals surface area contributed by atoms with Crippen LogP contribution in [-0.2, 0) is 0 Å². The molecule has 0 spiro atoms. The first-order chi connectivity index (χ1) is 13.7. The van der Waals surface area contributed by atoms with Gasteiger partial charge in [0, 0.05) is 36.1 Å². The molecule has 2 heterocycles. The van der Waals surface area contributed by atoms with Crippen LogP contribution in [0.3, 0.4) is 0 Å². The molecule has 0 unspecified atom stereocenters. The minimum absolute atomic E-state index is 0.266. The lowest BCUT2D eigenvalue weighted by molar-refractivity contribution is 0.102. The number of carbonyl (C=O) groups excluding carboxylic acids is 1. The topological polar surface area (TPSA) is 45.2 Å². The maximum Gasteiger partial charge on any atom is 0.255 e. The third-order valence-electron chi connectivity index (χ3n) is 5.01. The number of hydrogen-bond donors (Lipinski definition) is 1. The average molecular weight is 375 g/mol. The number of aromatic nitrogens is 1. The molecule has 3 aromatic rings. The second-order valence-corrected chi connectivity index (χ2v) is 6.96. The zero-order valence-corrected chi connectivity index (χ0v) is 15.6. The number of benzene rings is 2. The van der Waals surface area contributed by atoms with Crippen LogP contribution in [0.1, 0.15) is 29.6 Å². The summed E-state index contributed by atoms with van der Waals surface area (Å²) in [6, 6.07) is 17.8. The number of halogens is 1. The number of nitrogens with one attached hydrogen (secondary N) is 1. The minimum Gasteiger partial charge on any atom is -0.369 e. The van der Waals surface area contributed by atoms with Gasteiger partial charge in [-0.3, -0.25) is 9.78 Å². The smallest absolute Gasteiger partial charge is 0.255 e. The lowest BCUT2D eigenvalue weighted by Crippen LogP contribution is -2.30. The summed E-state index contributed by atoms with van der Waals surface area (Å²) >= 11 is 0. The zero-order chi connectivity index (χ0) is 19.3. The van der Waals surface area contributed by atoms with Crippen LogP contribution >= 0.6 is 0 Å². The van der Waals surface area contributed by atoms with Gasteiger partial charge in [-0.15, -0.1) is 0 Å². The number of anilines is 2. The Bertz CT molecular complexity index is 951. The molecule has 1 N–H and O–H groups in total. The highest BCUT2D eigenvalue weighted by Gasteiger charge is 2.16. The summed E-state index contributed by atoms with van der Waals surface area (Å²) < 4.78 is 14.5. The highest BCUT2D eigenvalue weighted by atomic mass is 19.1. The summed E-state index contributed by atoms with van der Waals surface area (Å²) in [6.45, 7) is 1.76. The van der Waals surface area contributed by atoms with Crippen molar-refractivity contribution in [2.24, 2.45) is 0 Å². The van der Waals surface area contributed by atoms with Crippen LogP contribution < -0.4 is 10.2 Å². The molecule has 1 fully saturated rings. The van der Waals surface area contributed by atoms with Crippen LogP contribution in [0.15, 0.2) is 66.9 Å². The van der Waals surface area contributed by atoms with Crippen molar-refractivity contribution in [1.29, 1.82) is 0 Å². The van der Waals surface area contributed by atoms with Gasteiger partial charge in [0.15, 0.2) is 0 Å². The van der Waals surface area contributed by atoms with Crippen molar-refractivity contribution in [3.05, 3.63) is 78.2 Å². The van der Waals surface area contributed by atoms with E-state index in [0.29, 0.717) is 16.9 Å². The van der Waals surface area contributed by atoms with Gasteiger partial charge in [0.25, 0.3) is 5.91 Å². The Morgan fingerprint density at radius 1 is 0.964 bits per heavy atom. The molecule has 1 saturated heterocycles. The maximum atomic E-state index is 14.5. The summed E-state index contributed by atoms with van der Waals surface area (Å²) in [4.78, 5) is 18.9. The normalized spacial score (nSPS) is 14.0. The van der Waals surface area contributed by atoms with E-state index in [1.807, 2.05) is 30.3 Å². The van der Waals surface area contributed by atoms with Crippen molar-refractivity contribution in [2.75, 3.05) is 23.3 Å².